The number of aromatic nitrogens is 2. The topological polar surface area (TPSA) is 78.1 Å². The average molecular weight is 308 g/mol. The first-order valence-corrected chi connectivity index (χ1v) is 8.19. The number of hydrogen-bond acceptors (Lipinski definition) is 4. The zero-order valence-corrected chi connectivity index (χ0v) is 13.0. The van der Waals surface area contributed by atoms with E-state index in [2.05, 4.69) is 15.3 Å². The van der Waals surface area contributed by atoms with Gasteiger partial charge in [0.1, 0.15) is 10.7 Å². The van der Waals surface area contributed by atoms with Crippen LogP contribution in [0, 0.1) is 0 Å². The van der Waals surface area contributed by atoms with Crippen LogP contribution in [-0.2, 0) is 16.4 Å². The molecule has 0 amide bonds. The van der Waals surface area contributed by atoms with Crippen LogP contribution in [0.4, 0.5) is 5.69 Å². The molecule has 6 nitrogen and oxygen atoms in total. The highest BCUT2D eigenvalue weighted by Gasteiger charge is 2.20. The minimum absolute atomic E-state index is 0.299. The number of nitrogens with one attached hydrogen (secondary N) is 2. The quantitative estimate of drug-likeness (QED) is 0.763. The number of imidazole rings is 1. The van der Waals surface area contributed by atoms with Gasteiger partial charge in [0.05, 0.1) is 5.69 Å². The Balaban J connectivity index is 2.00. The van der Waals surface area contributed by atoms with Gasteiger partial charge < -0.3 is 10.3 Å². The highest BCUT2D eigenvalue weighted by atomic mass is 32.2. The molecule has 0 spiro atoms. The molecule has 2 N–H and O–H groups in total. The van der Waals surface area contributed by atoms with Crippen molar-refractivity contribution in [1.82, 2.24) is 14.3 Å². The number of aryl methyl sites for hydroxylation is 1. The van der Waals surface area contributed by atoms with E-state index >= 15 is 0 Å². The Morgan fingerprint density at radius 1 is 1.29 bits per heavy atom. The van der Waals surface area contributed by atoms with Crippen LogP contribution in [0.5, 0.6) is 0 Å². The maximum atomic E-state index is 12.2. The van der Waals surface area contributed by atoms with E-state index in [1.54, 1.807) is 30.6 Å². The van der Waals surface area contributed by atoms with E-state index < -0.39 is 10.0 Å². The van der Waals surface area contributed by atoms with Crippen molar-refractivity contribution in [2.24, 2.45) is 0 Å². The molecule has 0 atom stereocenters. The Hall–Kier alpha value is -1.86. The molecular formula is C14H20N4O2S. The first kappa shape index (κ1) is 15.5. The number of rotatable bonds is 7. The normalized spacial score (nSPS) is 11.8. The van der Waals surface area contributed by atoms with Crippen LogP contribution >= 0.6 is 0 Å². The second kappa shape index (κ2) is 6.73. The van der Waals surface area contributed by atoms with E-state index in [-0.39, 0.29) is 0 Å². The number of para-hydroxylation sites is 1. The molecule has 0 saturated heterocycles. The number of nitrogens with zero attached hydrogens (tertiary/aromatic N) is 2. The van der Waals surface area contributed by atoms with Crippen molar-refractivity contribution < 1.29 is 8.42 Å². The van der Waals surface area contributed by atoms with Crippen LogP contribution < -0.4 is 5.32 Å². The largest absolute Gasteiger partial charge is 0.384 e. The van der Waals surface area contributed by atoms with E-state index in [0.717, 1.165) is 18.7 Å². The molecule has 7 heteroatoms. The summed E-state index contributed by atoms with van der Waals surface area (Å²) in [7, 11) is -0.374. The molecular weight excluding hydrogens is 288 g/mol. The van der Waals surface area contributed by atoms with Crippen LogP contribution in [0.1, 0.15) is 12.2 Å². The molecule has 0 aliphatic rings. The van der Waals surface area contributed by atoms with Gasteiger partial charge in [0.25, 0.3) is 0 Å². The van der Waals surface area contributed by atoms with Crippen molar-refractivity contribution in [3.63, 3.8) is 0 Å². The van der Waals surface area contributed by atoms with Gasteiger partial charge in [-0.2, -0.15) is 0 Å². The third-order valence-electron chi connectivity index (χ3n) is 3.11. The smallest absolute Gasteiger partial charge is 0.244 e. The lowest BCUT2D eigenvalue weighted by Gasteiger charge is -2.16. The third-order valence-corrected chi connectivity index (χ3v) is 4.98. The van der Waals surface area contributed by atoms with Gasteiger partial charge in [0, 0.05) is 39.5 Å². The van der Waals surface area contributed by atoms with E-state index in [1.807, 2.05) is 6.07 Å². The maximum absolute atomic E-state index is 12.2. The molecule has 0 unspecified atom stereocenters. The number of sulfonamides is 1. The van der Waals surface area contributed by atoms with E-state index in [9.17, 15) is 8.42 Å². The van der Waals surface area contributed by atoms with E-state index in [0.29, 0.717) is 17.1 Å². The fourth-order valence-electron chi connectivity index (χ4n) is 1.95. The van der Waals surface area contributed by atoms with Crippen LogP contribution in [0.3, 0.4) is 0 Å². The molecule has 2 aromatic rings. The van der Waals surface area contributed by atoms with Gasteiger partial charge in [-0.15, -0.1) is 0 Å². The van der Waals surface area contributed by atoms with Crippen molar-refractivity contribution in [3.8, 4) is 0 Å². The molecule has 2 rings (SSSR count). The summed E-state index contributed by atoms with van der Waals surface area (Å²) >= 11 is 0. The second-order valence-electron chi connectivity index (χ2n) is 4.85. The van der Waals surface area contributed by atoms with Gasteiger partial charge in [-0.1, -0.05) is 12.1 Å². The van der Waals surface area contributed by atoms with Gasteiger partial charge >= 0.3 is 0 Å². The number of aromatic amines is 1. The molecule has 1 aromatic heterocycles. The summed E-state index contributed by atoms with van der Waals surface area (Å²) in [6.45, 7) is 0.681. The van der Waals surface area contributed by atoms with Gasteiger partial charge in [0.2, 0.25) is 10.0 Å². The summed E-state index contributed by atoms with van der Waals surface area (Å²) < 4.78 is 25.7. The predicted octanol–water partition coefficient (Wildman–Crippen LogP) is 1.70. The van der Waals surface area contributed by atoms with Crippen LogP contribution in [-0.4, -0.2) is 43.3 Å². The lowest BCUT2D eigenvalue weighted by atomic mass is 10.2. The number of H-pyrrole nitrogens is 1. The standard InChI is InChI=1S/C14H20N4O2S/c1-18(2)21(19,20)13-7-4-3-6-12(13)15-9-5-8-14-16-10-11-17-14/h3-4,6-7,10-11,15H,5,8-9H2,1-2H3,(H,16,17). The van der Waals surface area contributed by atoms with Crippen LogP contribution in [0.15, 0.2) is 41.6 Å². The van der Waals surface area contributed by atoms with E-state index in [4.69, 9.17) is 0 Å². The Kier molecular flexibility index (Phi) is 4.98. The van der Waals surface area contributed by atoms with Crippen molar-refractivity contribution in [3.05, 3.63) is 42.5 Å². The van der Waals surface area contributed by atoms with Crippen LogP contribution in [0.2, 0.25) is 0 Å². The van der Waals surface area contributed by atoms with Crippen LogP contribution in [0.25, 0.3) is 0 Å². The van der Waals surface area contributed by atoms with Crippen molar-refractivity contribution in [2.45, 2.75) is 17.7 Å². The molecule has 0 aliphatic carbocycles. The van der Waals surface area contributed by atoms with Crippen molar-refractivity contribution in [2.75, 3.05) is 26.0 Å². The van der Waals surface area contributed by atoms with Gasteiger partial charge in [0.15, 0.2) is 0 Å². The minimum Gasteiger partial charge on any atom is -0.384 e. The first-order chi connectivity index (χ1) is 10.0. The molecule has 1 aromatic carbocycles. The number of benzene rings is 1. The summed E-state index contributed by atoms with van der Waals surface area (Å²) in [4.78, 5) is 7.50. The highest BCUT2D eigenvalue weighted by Crippen LogP contribution is 2.23. The summed E-state index contributed by atoms with van der Waals surface area (Å²) in [5, 5.41) is 3.19. The van der Waals surface area contributed by atoms with Crippen molar-refractivity contribution in [1.29, 1.82) is 0 Å². The predicted molar refractivity (Wildman–Crippen MR) is 82.7 cm³/mol. The first-order valence-electron chi connectivity index (χ1n) is 6.75. The van der Waals surface area contributed by atoms with Gasteiger partial charge in [-0.05, 0) is 18.6 Å². The molecule has 114 valence electrons. The fraction of sp³-hybridized carbons (Fsp3) is 0.357. The minimum atomic E-state index is -3.44. The Bertz CT molecular complexity index is 666. The summed E-state index contributed by atoms with van der Waals surface area (Å²) in [6.07, 6.45) is 5.20. The lowest BCUT2D eigenvalue weighted by molar-refractivity contribution is 0.521. The highest BCUT2D eigenvalue weighted by molar-refractivity contribution is 7.89. The zero-order chi connectivity index (χ0) is 15.3. The SMILES string of the molecule is CN(C)S(=O)(=O)c1ccccc1NCCCc1ncc[nH]1. The Morgan fingerprint density at radius 2 is 2.05 bits per heavy atom. The maximum Gasteiger partial charge on any atom is 0.244 e. The molecule has 0 saturated carbocycles. The lowest BCUT2D eigenvalue weighted by Crippen LogP contribution is -2.23. The molecule has 0 radical (unpaired) electrons. The summed E-state index contributed by atoms with van der Waals surface area (Å²) in [5.41, 5.74) is 0.630. The molecule has 0 fully saturated rings. The van der Waals surface area contributed by atoms with E-state index in [1.165, 1.54) is 18.4 Å². The Morgan fingerprint density at radius 3 is 2.71 bits per heavy atom. The summed E-state index contributed by atoms with van der Waals surface area (Å²) in [6, 6.07) is 6.95. The summed E-state index contributed by atoms with van der Waals surface area (Å²) in [5.74, 6) is 0.936. The molecule has 0 aliphatic heterocycles. The third kappa shape index (κ3) is 3.83. The van der Waals surface area contributed by atoms with Crippen molar-refractivity contribution >= 4 is 15.7 Å². The molecule has 21 heavy (non-hydrogen) atoms. The monoisotopic (exact) mass is 308 g/mol. The molecule has 0 bridgehead atoms. The number of anilines is 1. The van der Waals surface area contributed by atoms with Gasteiger partial charge in [-0.25, -0.2) is 17.7 Å². The average Bonchev–Trinajstić information content (AvgIpc) is 2.97. The Labute approximate surface area is 125 Å². The second-order valence-corrected chi connectivity index (χ2v) is 6.97. The zero-order valence-electron chi connectivity index (χ0n) is 12.2. The number of hydrogen-bond donors (Lipinski definition) is 2. The fourth-order valence-corrected chi connectivity index (χ4v) is 3.01. The molecule has 1 heterocycles. The van der Waals surface area contributed by atoms with Gasteiger partial charge in [-0.3, -0.25) is 0 Å².